The van der Waals surface area contributed by atoms with Gasteiger partial charge in [0.15, 0.2) is 0 Å². The lowest BCUT2D eigenvalue weighted by atomic mass is 10.1. The molecule has 1 unspecified atom stereocenters. The Morgan fingerprint density at radius 1 is 1.64 bits per heavy atom. The lowest BCUT2D eigenvalue weighted by molar-refractivity contribution is 0.541. The van der Waals surface area contributed by atoms with Gasteiger partial charge in [0, 0.05) is 18.4 Å². The molecule has 14 heavy (non-hydrogen) atoms. The molecular formula is C11H17N3. The van der Waals surface area contributed by atoms with Gasteiger partial charge >= 0.3 is 0 Å². The maximum atomic E-state index is 8.54. The highest BCUT2D eigenvalue weighted by Crippen LogP contribution is 2.17. The molecule has 0 aromatic carbocycles. The van der Waals surface area contributed by atoms with Crippen LogP contribution in [0, 0.1) is 11.3 Å². The van der Waals surface area contributed by atoms with Gasteiger partial charge in [-0.2, -0.15) is 5.26 Å². The zero-order valence-electron chi connectivity index (χ0n) is 8.83. The molecular weight excluding hydrogens is 174 g/mol. The number of aromatic nitrogens is 1. The van der Waals surface area contributed by atoms with Gasteiger partial charge in [-0.1, -0.05) is 13.3 Å². The molecule has 0 bridgehead atoms. The van der Waals surface area contributed by atoms with Crippen molar-refractivity contribution in [3.05, 3.63) is 24.0 Å². The molecule has 1 atom stereocenters. The highest BCUT2D eigenvalue weighted by atomic mass is 14.9. The summed E-state index contributed by atoms with van der Waals surface area (Å²) in [5, 5.41) is 11.8. The van der Waals surface area contributed by atoms with Gasteiger partial charge in [0.25, 0.3) is 0 Å². The van der Waals surface area contributed by atoms with Crippen molar-refractivity contribution in [3.63, 3.8) is 0 Å². The largest absolute Gasteiger partial charge is 0.340 e. The second kappa shape index (κ2) is 5.46. The first-order valence-electron chi connectivity index (χ1n) is 5.01. The van der Waals surface area contributed by atoms with E-state index in [0.717, 1.165) is 12.8 Å². The van der Waals surface area contributed by atoms with E-state index in [1.165, 1.54) is 5.56 Å². The molecule has 0 radical (unpaired) electrons. The zero-order valence-corrected chi connectivity index (χ0v) is 8.83. The monoisotopic (exact) mass is 191 g/mol. The molecule has 0 fully saturated rings. The van der Waals surface area contributed by atoms with Crippen LogP contribution in [0.5, 0.6) is 0 Å². The molecule has 1 aromatic heterocycles. The van der Waals surface area contributed by atoms with Crippen molar-refractivity contribution in [1.82, 2.24) is 9.88 Å². The van der Waals surface area contributed by atoms with Gasteiger partial charge in [-0.3, -0.25) is 0 Å². The molecule has 3 nitrogen and oxygen atoms in total. The number of nitriles is 1. The van der Waals surface area contributed by atoms with E-state index in [1.54, 1.807) is 0 Å². The van der Waals surface area contributed by atoms with E-state index in [0.29, 0.717) is 12.6 Å². The smallest absolute Gasteiger partial charge is 0.109 e. The van der Waals surface area contributed by atoms with Crippen LogP contribution in [-0.2, 0) is 6.54 Å². The molecule has 0 saturated carbocycles. The molecule has 3 heteroatoms. The van der Waals surface area contributed by atoms with Crippen LogP contribution in [0.15, 0.2) is 18.5 Å². The van der Waals surface area contributed by atoms with E-state index >= 15 is 0 Å². The molecule has 0 spiro atoms. The van der Waals surface area contributed by atoms with Crippen molar-refractivity contribution in [3.8, 4) is 6.07 Å². The molecule has 1 heterocycles. The van der Waals surface area contributed by atoms with Crippen LogP contribution in [0.3, 0.4) is 0 Å². The summed E-state index contributed by atoms with van der Waals surface area (Å²) in [7, 11) is 1.97. The lowest BCUT2D eigenvalue weighted by Gasteiger charge is -2.13. The second-order valence-corrected chi connectivity index (χ2v) is 3.41. The second-order valence-electron chi connectivity index (χ2n) is 3.41. The van der Waals surface area contributed by atoms with Gasteiger partial charge in [-0.25, -0.2) is 0 Å². The number of hydrogen-bond donors (Lipinski definition) is 1. The topological polar surface area (TPSA) is 40.8 Å². The summed E-state index contributed by atoms with van der Waals surface area (Å²) < 4.78 is 1.91. The molecule has 0 amide bonds. The molecule has 0 aliphatic carbocycles. The van der Waals surface area contributed by atoms with Crippen molar-refractivity contribution in [2.75, 3.05) is 7.05 Å². The predicted octanol–water partition coefficient (Wildman–Crippen LogP) is 2.07. The molecule has 1 N–H and O–H groups in total. The standard InChI is InChI=1S/C11H17N3/c1-3-4-11(13-2)10-5-7-14(9-10)8-6-12/h5,7,9,11,13H,3-4,8H2,1-2H3. The Labute approximate surface area is 85.3 Å². The summed E-state index contributed by atoms with van der Waals surface area (Å²) in [6.07, 6.45) is 6.29. The van der Waals surface area contributed by atoms with Crippen LogP contribution in [0.1, 0.15) is 31.4 Å². The molecule has 1 rings (SSSR count). The Morgan fingerprint density at radius 2 is 2.43 bits per heavy atom. The number of nitrogens with one attached hydrogen (secondary N) is 1. The van der Waals surface area contributed by atoms with Gasteiger partial charge in [0.2, 0.25) is 0 Å². The van der Waals surface area contributed by atoms with Gasteiger partial charge in [0.05, 0.1) is 6.07 Å². The molecule has 0 aliphatic heterocycles. The molecule has 0 aliphatic rings. The highest BCUT2D eigenvalue weighted by molar-refractivity contribution is 5.15. The summed E-state index contributed by atoms with van der Waals surface area (Å²) in [6.45, 7) is 2.61. The van der Waals surface area contributed by atoms with Crippen molar-refractivity contribution < 1.29 is 0 Å². The maximum Gasteiger partial charge on any atom is 0.109 e. The number of hydrogen-bond acceptors (Lipinski definition) is 2. The Kier molecular flexibility index (Phi) is 4.21. The first-order valence-corrected chi connectivity index (χ1v) is 5.01. The third-order valence-electron chi connectivity index (χ3n) is 2.35. The van der Waals surface area contributed by atoms with Gasteiger partial charge in [-0.15, -0.1) is 0 Å². The molecule has 76 valence electrons. The van der Waals surface area contributed by atoms with Crippen molar-refractivity contribution in [2.45, 2.75) is 32.4 Å². The van der Waals surface area contributed by atoms with Crippen molar-refractivity contribution in [2.24, 2.45) is 0 Å². The zero-order chi connectivity index (χ0) is 10.4. The third-order valence-corrected chi connectivity index (χ3v) is 2.35. The van der Waals surface area contributed by atoms with Crippen molar-refractivity contribution >= 4 is 0 Å². The van der Waals surface area contributed by atoms with E-state index in [1.807, 2.05) is 24.0 Å². The number of rotatable bonds is 5. The first-order chi connectivity index (χ1) is 6.81. The summed E-state index contributed by atoms with van der Waals surface area (Å²) in [5.74, 6) is 0. The maximum absolute atomic E-state index is 8.54. The Bertz CT molecular complexity index is 309. The Morgan fingerprint density at radius 3 is 3.00 bits per heavy atom. The van der Waals surface area contributed by atoms with Gasteiger partial charge in [-0.05, 0) is 25.1 Å². The Hall–Kier alpha value is -1.27. The van der Waals surface area contributed by atoms with Gasteiger partial charge in [0.1, 0.15) is 6.54 Å². The highest BCUT2D eigenvalue weighted by Gasteiger charge is 2.08. The minimum Gasteiger partial charge on any atom is -0.340 e. The summed E-state index contributed by atoms with van der Waals surface area (Å²) in [6, 6.07) is 4.62. The van der Waals surface area contributed by atoms with E-state index in [2.05, 4.69) is 24.4 Å². The third kappa shape index (κ3) is 2.61. The van der Waals surface area contributed by atoms with E-state index in [4.69, 9.17) is 5.26 Å². The fourth-order valence-corrected chi connectivity index (χ4v) is 1.61. The minimum atomic E-state index is 0.417. The normalized spacial score (nSPS) is 12.4. The average Bonchev–Trinajstić information content (AvgIpc) is 2.63. The predicted molar refractivity (Wildman–Crippen MR) is 56.8 cm³/mol. The van der Waals surface area contributed by atoms with E-state index in [9.17, 15) is 0 Å². The summed E-state index contributed by atoms with van der Waals surface area (Å²) in [5.41, 5.74) is 1.27. The number of nitrogens with zero attached hydrogens (tertiary/aromatic N) is 2. The Balaban J connectivity index is 2.69. The van der Waals surface area contributed by atoms with E-state index in [-0.39, 0.29) is 0 Å². The lowest BCUT2D eigenvalue weighted by Crippen LogP contribution is -2.15. The van der Waals surface area contributed by atoms with Gasteiger partial charge < -0.3 is 9.88 Å². The quantitative estimate of drug-likeness (QED) is 0.774. The first kappa shape index (κ1) is 10.8. The summed E-state index contributed by atoms with van der Waals surface area (Å²) in [4.78, 5) is 0. The van der Waals surface area contributed by atoms with Crippen molar-refractivity contribution in [1.29, 1.82) is 5.26 Å². The minimum absolute atomic E-state index is 0.417. The fourth-order valence-electron chi connectivity index (χ4n) is 1.61. The van der Waals surface area contributed by atoms with Crippen LogP contribution < -0.4 is 5.32 Å². The average molecular weight is 191 g/mol. The van der Waals surface area contributed by atoms with Crippen LogP contribution in [0.4, 0.5) is 0 Å². The van der Waals surface area contributed by atoms with Crippen LogP contribution >= 0.6 is 0 Å². The van der Waals surface area contributed by atoms with Crippen LogP contribution in [0.2, 0.25) is 0 Å². The van der Waals surface area contributed by atoms with Crippen LogP contribution in [-0.4, -0.2) is 11.6 Å². The van der Waals surface area contributed by atoms with Crippen LogP contribution in [0.25, 0.3) is 0 Å². The molecule has 1 aromatic rings. The summed E-state index contributed by atoms with van der Waals surface area (Å²) >= 11 is 0. The fraction of sp³-hybridized carbons (Fsp3) is 0.545. The molecule has 0 saturated heterocycles. The SMILES string of the molecule is CCCC(NC)c1ccn(CC#N)c1. The van der Waals surface area contributed by atoms with E-state index < -0.39 is 0 Å².